The predicted octanol–water partition coefficient (Wildman–Crippen LogP) is 2.48. The van der Waals surface area contributed by atoms with Crippen LogP contribution in [0.5, 0.6) is 5.75 Å². The Morgan fingerprint density at radius 2 is 2.15 bits per heavy atom. The van der Waals surface area contributed by atoms with Gasteiger partial charge in [-0.2, -0.15) is 0 Å². The molecule has 1 amide bonds. The molecule has 0 aliphatic carbocycles. The molecule has 1 aromatic rings. The van der Waals surface area contributed by atoms with Crippen LogP contribution in [0.2, 0.25) is 5.02 Å². The lowest BCUT2D eigenvalue weighted by Crippen LogP contribution is -2.46. The Hall–Kier alpha value is -1.75. The maximum Gasteiger partial charge on any atom is 0.326 e. The van der Waals surface area contributed by atoms with Crippen LogP contribution in [0, 0.1) is 0 Å². The Labute approximate surface area is 122 Å². The number of benzene rings is 1. The van der Waals surface area contributed by atoms with E-state index in [-0.39, 0.29) is 0 Å². The molecule has 110 valence electrons. The molecule has 0 saturated carbocycles. The average Bonchev–Trinajstić information content (AvgIpc) is 2.37. The molecule has 2 atom stereocenters. The highest BCUT2D eigenvalue weighted by atomic mass is 35.5. The van der Waals surface area contributed by atoms with E-state index in [1.807, 2.05) is 6.92 Å². The van der Waals surface area contributed by atoms with Gasteiger partial charge in [0, 0.05) is 5.02 Å². The Morgan fingerprint density at radius 3 is 2.70 bits per heavy atom. The average molecular weight is 300 g/mol. The molecular formula is C14H18ClNO4. The van der Waals surface area contributed by atoms with Crippen molar-refractivity contribution in [3.05, 3.63) is 29.3 Å². The highest BCUT2D eigenvalue weighted by molar-refractivity contribution is 6.30. The molecule has 0 aliphatic rings. The molecule has 0 bridgehead atoms. The first-order valence-electron chi connectivity index (χ1n) is 6.39. The second kappa shape index (κ2) is 7.75. The highest BCUT2D eigenvalue weighted by Crippen LogP contribution is 2.18. The molecule has 1 unspecified atom stereocenters. The molecule has 6 heteroatoms. The van der Waals surface area contributed by atoms with Gasteiger partial charge in [0.1, 0.15) is 11.8 Å². The Morgan fingerprint density at radius 1 is 1.45 bits per heavy atom. The van der Waals surface area contributed by atoms with E-state index in [9.17, 15) is 9.59 Å². The van der Waals surface area contributed by atoms with E-state index in [0.717, 1.165) is 0 Å². The van der Waals surface area contributed by atoms with Crippen LogP contribution in [-0.4, -0.2) is 29.1 Å². The van der Waals surface area contributed by atoms with Gasteiger partial charge in [0.2, 0.25) is 0 Å². The number of carbonyl (C=O) groups excluding carboxylic acids is 1. The summed E-state index contributed by atoms with van der Waals surface area (Å²) in [6.07, 6.45) is 0.248. The Balaban J connectivity index is 2.60. The summed E-state index contributed by atoms with van der Waals surface area (Å²) in [5, 5.41) is 11.9. The molecule has 0 fully saturated rings. The van der Waals surface area contributed by atoms with E-state index >= 15 is 0 Å². The van der Waals surface area contributed by atoms with Crippen molar-refractivity contribution in [3.63, 3.8) is 0 Å². The van der Waals surface area contributed by atoms with E-state index < -0.39 is 24.0 Å². The third-order valence-electron chi connectivity index (χ3n) is 2.67. The van der Waals surface area contributed by atoms with Crippen LogP contribution in [0.25, 0.3) is 0 Å². The molecule has 0 radical (unpaired) electrons. The summed E-state index contributed by atoms with van der Waals surface area (Å²) < 4.78 is 5.43. The standard InChI is InChI=1S/C14H18ClNO4/c1-3-5-12(14(18)19)16-13(17)9(2)20-11-7-4-6-10(15)8-11/h4,6-9,12H,3,5H2,1-2H3,(H,16,17)(H,18,19)/t9?,12-/m1/s1. The van der Waals surface area contributed by atoms with Crippen LogP contribution in [0.3, 0.4) is 0 Å². The Bertz CT molecular complexity index is 478. The molecule has 0 heterocycles. The summed E-state index contributed by atoms with van der Waals surface area (Å²) >= 11 is 5.82. The fraction of sp³-hybridized carbons (Fsp3) is 0.429. The van der Waals surface area contributed by atoms with Gasteiger partial charge in [-0.25, -0.2) is 4.79 Å². The molecule has 1 rings (SSSR count). The van der Waals surface area contributed by atoms with Gasteiger partial charge in [-0.3, -0.25) is 4.79 Å². The minimum Gasteiger partial charge on any atom is -0.481 e. The van der Waals surface area contributed by atoms with Crippen molar-refractivity contribution >= 4 is 23.5 Å². The van der Waals surface area contributed by atoms with Gasteiger partial charge in [0.15, 0.2) is 6.10 Å². The fourth-order valence-electron chi connectivity index (χ4n) is 1.63. The zero-order chi connectivity index (χ0) is 15.1. The second-order valence-electron chi connectivity index (χ2n) is 4.41. The number of carboxylic acid groups (broad SMARTS) is 1. The van der Waals surface area contributed by atoms with Crippen molar-refractivity contribution in [2.45, 2.75) is 38.8 Å². The van der Waals surface area contributed by atoms with Gasteiger partial charge in [0.25, 0.3) is 5.91 Å². The minimum atomic E-state index is -1.05. The van der Waals surface area contributed by atoms with Crippen LogP contribution < -0.4 is 10.1 Å². The van der Waals surface area contributed by atoms with Gasteiger partial charge in [-0.15, -0.1) is 0 Å². The van der Waals surface area contributed by atoms with Crippen molar-refractivity contribution in [1.29, 1.82) is 0 Å². The van der Waals surface area contributed by atoms with Crippen molar-refractivity contribution < 1.29 is 19.4 Å². The molecular weight excluding hydrogens is 282 g/mol. The third kappa shape index (κ3) is 5.09. The quantitative estimate of drug-likeness (QED) is 0.811. The number of ether oxygens (including phenoxy) is 1. The summed E-state index contributed by atoms with van der Waals surface area (Å²) in [4.78, 5) is 22.9. The van der Waals surface area contributed by atoms with E-state index in [4.69, 9.17) is 21.4 Å². The summed E-state index contributed by atoms with van der Waals surface area (Å²) in [7, 11) is 0. The lowest BCUT2D eigenvalue weighted by atomic mass is 10.1. The first kappa shape index (κ1) is 16.3. The SMILES string of the molecule is CCC[C@@H](NC(=O)C(C)Oc1cccc(Cl)c1)C(=O)O. The molecule has 0 saturated heterocycles. The highest BCUT2D eigenvalue weighted by Gasteiger charge is 2.23. The number of halogens is 1. The predicted molar refractivity (Wildman–Crippen MR) is 76.0 cm³/mol. The monoisotopic (exact) mass is 299 g/mol. The molecule has 1 aromatic carbocycles. The van der Waals surface area contributed by atoms with Crippen LogP contribution in [0.15, 0.2) is 24.3 Å². The smallest absolute Gasteiger partial charge is 0.326 e. The van der Waals surface area contributed by atoms with Gasteiger partial charge in [-0.05, 0) is 31.5 Å². The topological polar surface area (TPSA) is 75.6 Å². The van der Waals surface area contributed by atoms with Crippen LogP contribution in [-0.2, 0) is 9.59 Å². The summed E-state index contributed by atoms with van der Waals surface area (Å²) in [5.41, 5.74) is 0. The van der Waals surface area contributed by atoms with Crippen molar-refractivity contribution in [3.8, 4) is 5.75 Å². The minimum absolute atomic E-state index is 0.380. The number of nitrogens with one attached hydrogen (secondary N) is 1. The zero-order valence-corrected chi connectivity index (χ0v) is 12.2. The summed E-state index contributed by atoms with van der Waals surface area (Å²) in [6.45, 7) is 3.41. The number of amides is 1. The van der Waals surface area contributed by atoms with Crippen LogP contribution in [0.4, 0.5) is 0 Å². The number of carbonyl (C=O) groups is 2. The number of hydrogen-bond donors (Lipinski definition) is 2. The summed E-state index contributed by atoms with van der Waals surface area (Å²) in [6, 6.07) is 5.78. The summed E-state index contributed by atoms with van der Waals surface area (Å²) in [5.74, 6) is -1.05. The first-order valence-corrected chi connectivity index (χ1v) is 6.77. The molecule has 2 N–H and O–H groups in total. The van der Waals surface area contributed by atoms with Gasteiger partial charge in [-0.1, -0.05) is 31.0 Å². The molecule has 20 heavy (non-hydrogen) atoms. The Kier molecular flexibility index (Phi) is 6.31. The van der Waals surface area contributed by atoms with Gasteiger partial charge < -0.3 is 15.2 Å². The normalized spacial score (nSPS) is 13.3. The second-order valence-corrected chi connectivity index (χ2v) is 4.84. The lowest BCUT2D eigenvalue weighted by Gasteiger charge is -2.18. The molecule has 5 nitrogen and oxygen atoms in total. The largest absolute Gasteiger partial charge is 0.481 e. The molecule has 0 aromatic heterocycles. The van der Waals surface area contributed by atoms with Crippen LogP contribution in [0.1, 0.15) is 26.7 Å². The zero-order valence-electron chi connectivity index (χ0n) is 11.4. The van der Waals surface area contributed by atoms with E-state index in [0.29, 0.717) is 23.6 Å². The van der Waals surface area contributed by atoms with Crippen molar-refractivity contribution in [1.82, 2.24) is 5.32 Å². The number of aliphatic carboxylic acids is 1. The van der Waals surface area contributed by atoms with E-state index in [1.165, 1.54) is 0 Å². The third-order valence-corrected chi connectivity index (χ3v) is 2.91. The number of rotatable bonds is 7. The number of carboxylic acids is 1. The van der Waals surface area contributed by atoms with Crippen LogP contribution >= 0.6 is 11.6 Å². The fourth-order valence-corrected chi connectivity index (χ4v) is 1.81. The van der Waals surface area contributed by atoms with Gasteiger partial charge >= 0.3 is 5.97 Å². The van der Waals surface area contributed by atoms with Gasteiger partial charge in [0.05, 0.1) is 0 Å². The molecule has 0 spiro atoms. The molecule has 0 aliphatic heterocycles. The van der Waals surface area contributed by atoms with E-state index in [1.54, 1.807) is 31.2 Å². The van der Waals surface area contributed by atoms with Crippen molar-refractivity contribution in [2.24, 2.45) is 0 Å². The first-order chi connectivity index (χ1) is 9.43. The number of hydrogen-bond acceptors (Lipinski definition) is 3. The maximum absolute atomic E-state index is 11.9. The van der Waals surface area contributed by atoms with Crippen molar-refractivity contribution in [2.75, 3.05) is 0 Å². The van der Waals surface area contributed by atoms with E-state index in [2.05, 4.69) is 5.32 Å². The lowest BCUT2D eigenvalue weighted by molar-refractivity contribution is -0.143. The maximum atomic E-state index is 11.9.